The van der Waals surface area contributed by atoms with Gasteiger partial charge in [-0.25, -0.2) is 8.51 Å². The summed E-state index contributed by atoms with van der Waals surface area (Å²) in [5.41, 5.74) is 1.39. The van der Waals surface area contributed by atoms with Crippen molar-refractivity contribution in [3.05, 3.63) is 29.3 Å². The van der Waals surface area contributed by atoms with E-state index in [1.54, 1.807) is 18.2 Å². The van der Waals surface area contributed by atoms with E-state index in [-0.39, 0.29) is 5.91 Å². The summed E-state index contributed by atoms with van der Waals surface area (Å²) in [7, 11) is -1.53. The summed E-state index contributed by atoms with van der Waals surface area (Å²) in [6.45, 7) is 1.88. The van der Waals surface area contributed by atoms with Crippen molar-refractivity contribution >= 4 is 21.8 Å². The van der Waals surface area contributed by atoms with Crippen molar-refractivity contribution in [3.63, 3.8) is 0 Å². The van der Waals surface area contributed by atoms with E-state index in [0.29, 0.717) is 11.3 Å². The first-order valence-corrected chi connectivity index (χ1v) is 5.98. The highest BCUT2D eigenvalue weighted by Crippen LogP contribution is 2.28. The second-order valence-corrected chi connectivity index (χ2v) is 5.35. The molecule has 1 aliphatic heterocycles. The molecule has 2 rings (SSSR count). The average Bonchev–Trinajstić information content (AvgIpc) is 2.16. The average molecular weight is 225 g/mol. The van der Waals surface area contributed by atoms with Crippen LogP contribution in [-0.2, 0) is 9.99 Å². The van der Waals surface area contributed by atoms with Crippen molar-refractivity contribution in [2.24, 2.45) is 0 Å². The first kappa shape index (κ1) is 10.0. The van der Waals surface area contributed by atoms with Crippen molar-refractivity contribution in [2.75, 3.05) is 7.05 Å². The first-order chi connectivity index (χ1) is 6.92. The minimum absolute atomic E-state index is 0.319. The largest absolute Gasteiger partial charge is 0.393 e. The van der Waals surface area contributed by atoms with Gasteiger partial charge in [0.15, 0.2) is 5.75 Å². The van der Waals surface area contributed by atoms with Crippen LogP contribution in [0.5, 0.6) is 5.75 Å². The maximum Gasteiger partial charge on any atom is 0.271 e. The molecule has 0 fully saturated rings. The predicted molar refractivity (Wildman–Crippen MR) is 59.2 cm³/mol. The van der Waals surface area contributed by atoms with E-state index in [1.165, 1.54) is 7.05 Å². The van der Waals surface area contributed by atoms with Gasteiger partial charge in [0.2, 0.25) is 9.99 Å². The number of carbonyl (C=O) groups excluding carboxylic acids is 1. The van der Waals surface area contributed by atoms with Crippen molar-refractivity contribution in [2.45, 2.75) is 6.92 Å². The van der Waals surface area contributed by atoms with E-state index in [9.17, 15) is 9.00 Å². The zero-order chi connectivity index (χ0) is 11.2. The van der Waals surface area contributed by atoms with Crippen LogP contribution in [0, 0.1) is 6.92 Å². The number of nitrogens with zero attached hydrogens (tertiary/aromatic N) is 1. The zero-order valence-electron chi connectivity index (χ0n) is 8.52. The lowest BCUT2D eigenvalue weighted by atomic mass is 10.1. The molecule has 0 radical (unpaired) electrons. The molecule has 0 bridgehead atoms. The van der Waals surface area contributed by atoms with Crippen molar-refractivity contribution in [1.29, 1.82) is 0 Å². The highest BCUT2D eigenvalue weighted by Gasteiger charge is 2.30. The Morgan fingerprint density at radius 2 is 2.13 bits per heavy atom. The maximum atomic E-state index is 11.8. The van der Waals surface area contributed by atoms with E-state index in [4.69, 9.17) is 4.18 Å². The van der Waals surface area contributed by atoms with Gasteiger partial charge in [-0.2, -0.15) is 0 Å². The zero-order valence-corrected chi connectivity index (χ0v) is 9.34. The smallest absolute Gasteiger partial charge is 0.271 e. The van der Waals surface area contributed by atoms with Crippen LogP contribution >= 0.6 is 0 Å². The predicted octanol–water partition coefficient (Wildman–Crippen LogP) is 1.01. The number of carbonyl (C=O) groups is 1. The molecule has 80 valence electrons. The Bertz CT molecular complexity index is 534. The quantitative estimate of drug-likeness (QED) is 0.619. The molecule has 5 heteroatoms. The summed E-state index contributed by atoms with van der Waals surface area (Å²) in [5.74, 6) is 3.41. The van der Waals surface area contributed by atoms with Gasteiger partial charge in [0.25, 0.3) is 5.91 Å². The number of fused-ring (bicyclic) bond motifs is 1. The Labute approximate surface area is 88.8 Å². The third kappa shape index (κ3) is 1.48. The van der Waals surface area contributed by atoms with Gasteiger partial charge in [-0.3, -0.25) is 4.79 Å². The monoisotopic (exact) mass is 225 g/mol. The standard InChI is InChI=1S/C10H11NO3S/c1-7-4-5-9-8(6-7)10(12)11(2)15(3,13)14-9/h4-6H,3H2,1-2H3. The lowest BCUT2D eigenvalue weighted by Gasteiger charge is -2.28. The molecule has 1 aromatic carbocycles. The highest BCUT2D eigenvalue weighted by atomic mass is 32.2. The molecule has 0 saturated carbocycles. The van der Waals surface area contributed by atoms with Crippen molar-refractivity contribution < 1.29 is 13.2 Å². The van der Waals surface area contributed by atoms with E-state index in [1.807, 2.05) is 6.92 Å². The van der Waals surface area contributed by atoms with Crippen LogP contribution in [0.2, 0.25) is 0 Å². The van der Waals surface area contributed by atoms with E-state index in [2.05, 4.69) is 5.87 Å². The Hall–Kier alpha value is -1.49. The molecule has 0 saturated heterocycles. The van der Waals surface area contributed by atoms with Crippen molar-refractivity contribution in [3.8, 4) is 5.75 Å². The van der Waals surface area contributed by atoms with Gasteiger partial charge < -0.3 is 4.18 Å². The van der Waals surface area contributed by atoms with Gasteiger partial charge >= 0.3 is 0 Å². The highest BCUT2D eigenvalue weighted by molar-refractivity contribution is 7.94. The summed E-state index contributed by atoms with van der Waals surface area (Å²) in [6.07, 6.45) is 0. The Kier molecular flexibility index (Phi) is 2.01. The minimum atomic E-state index is -2.95. The van der Waals surface area contributed by atoms with Gasteiger partial charge in [-0.05, 0) is 19.1 Å². The normalized spacial score (nSPS) is 24.7. The SMILES string of the molecule is C=S1(=O)Oc2ccc(C)cc2C(=O)N1C. The molecular weight excluding hydrogens is 214 g/mol. The Balaban J connectivity index is 2.66. The Morgan fingerprint density at radius 1 is 1.47 bits per heavy atom. The fourth-order valence-corrected chi connectivity index (χ4v) is 2.26. The van der Waals surface area contributed by atoms with Crippen LogP contribution < -0.4 is 4.18 Å². The van der Waals surface area contributed by atoms with Crippen LogP contribution in [0.4, 0.5) is 0 Å². The molecule has 1 atom stereocenters. The van der Waals surface area contributed by atoms with Crippen LogP contribution in [0.25, 0.3) is 0 Å². The van der Waals surface area contributed by atoms with Crippen LogP contribution in [0.3, 0.4) is 0 Å². The maximum absolute atomic E-state index is 11.8. The van der Waals surface area contributed by atoms with Crippen LogP contribution in [0.15, 0.2) is 18.2 Å². The van der Waals surface area contributed by atoms with Gasteiger partial charge in [0.1, 0.15) is 0 Å². The van der Waals surface area contributed by atoms with E-state index < -0.39 is 9.99 Å². The molecule has 0 N–H and O–H groups in total. The number of aryl methyl sites for hydroxylation is 1. The fraction of sp³-hybridized carbons (Fsp3) is 0.200. The molecule has 0 aromatic heterocycles. The molecular formula is C10H11NO3S. The summed E-state index contributed by atoms with van der Waals surface area (Å²) < 4.78 is 18.0. The molecule has 1 unspecified atom stereocenters. The van der Waals surface area contributed by atoms with Gasteiger partial charge in [-0.1, -0.05) is 11.6 Å². The Morgan fingerprint density at radius 3 is 2.80 bits per heavy atom. The fourth-order valence-electron chi connectivity index (χ4n) is 1.38. The van der Waals surface area contributed by atoms with Crippen LogP contribution in [-0.4, -0.2) is 27.3 Å². The molecule has 4 nitrogen and oxygen atoms in total. The molecule has 1 heterocycles. The molecule has 15 heavy (non-hydrogen) atoms. The summed E-state index contributed by atoms with van der Waals surface area (Å²) in [5, 5.41) is 0. The second-order valence-electron chi connectivity index (χ2n) is 3.47. The third-order valence-corrected chi connectivity index (χ3v) is 3.73. The minimum Gasteiger partial charge on any atom is -0.393 e. The number of benzene rings is 1. The molecule has 1 aromatic rings. The van der Waals surface area contributed by atoms with E-state index >= 15 is 0 Å². The topological polar surface area (TPSA) is 46.6 Å². The van der Waals surface area contributed by atoms with Gasteiger partial charge in [-0.15, -0.1) is 0 Å². The van der Waals surface area contributed by atoms with Gasteiger partial charge in [0, 0.05) is 12.9 Å². The summed E-state index contributed by atoms with van der Waals surface area (Å²) in [4.78, 5) is 11.8. The van der Waals surface area contributed by atoms with E-state index in [0.717, 1.165) is 9.87 Å². The molecule has 1 amide bonds. The lowest BCUT2D eigenvalue weighted by Crippen LogP contribution is -2.40. The number of amides is 1. The number of hydrogen-bond donors (Lipinski definition) is 0. The number of hydrogen-bond acceptors (Lipinski definition) is 3. The second kappa shape index (κ2) is 3.00. The number of rotatable bonds is 0. The van der Waals surface area contributed by atoms with Gasteiger partial charge in [0.05, 0.1) is 5.56 Å². The first-order valence-electron chi connectivity index (χ1n) is 4.37. The molecule has 1 aliphatic rings. The van der Waals surface area contributed by atoms with Crippen molar-refractivity contribution in [1.82, 2.24) is 4.31 Å². The summed E-state index contributed by atoms with van der Waals surface area (Å²) >= 11 is 0. The summed E-state index contributed by atoms with van der Waals surface area (Å²) in [6, 6.07) is 5.15. The third-order valence-electron chi connectivity index (χ3n) is 2.29. The lowest BCUT2D eigenvalue weighted by molar-refractivity contribution is 0.0869. The molecule has 0 aliphatic carbocycles. The van der Waals surface area contributed by atoms with Crippen LogP contribution in [0.1, 0.15) is 15.9 Å². The molecule has 0 spiro atoms.